The number of ether oxygens (including phenoxy) is 2. The molecule has 0 aromatic heterocycles. The summed E-state index contributed by atoms with van der Waals surface area (Å²) in [6, 6.07) is 13.5. The Bertz CT molecular complexity index is 535. The van der Waals surface area contributed by atoms with Crippen molar-refractivity contribution in [3.8, 4) is 17.2 Å². The van der Waals surface area contributed by atoms with E-state index in [4.69, 9.17) is 15.2 Å². The predicted molar refractivity (Wildman–Crippen MR) is 76.8 cm³/mol. The van der Waals surface area contributed by atoms with E-state index in [1.165, 1.54) is 0 Å². The highest BCUT2D eigenvalue weighted by Gasteiger charge is 2.01. The average Bonchev–Trinajstić information content (AvgIpc) is 2.42. The number of rotatable bonds is 5. The lowest BCUT2D eigenvalue weighted by atomic mass is 10.1. The van der Waals surface area contributed by atoms with Crippen molar-refractivity contribution in [2.45, 2.75) is 20.4 Å². The van der Waals surface area contributed by atoms with Gasteiger partial charge in [0.15, 0.2) is 0 Å². The zero-order valence-corrected chi connectivity index (χ0v) is 11.3. The standard InChI is InChI=1S/C16H19NO2/c1-3-18-14-6-8-15(9-7-14)19-16-5-4-13(11-17)12(2)10-16/h4-10H,3,11,17H2,1-2H3. The lowest BCUT2D eigenvalue weighted by molar-refractivity contribution is 0.339. The fourth-order valence-corrected chi connectivity index (χ4v) is 1.87. The second-order valence-corrected chi connectivity index (χ2v) is 4.30. The van der Waals surface area contributed by atoms with Gasteiger partial charge in [0.05, 0.1) is 6.61 Å². The molecule has 0 atom stereocenters. The molecule has 0 spiro atoms. The molecule has 0 fully saturated rings. The molecule has 2 N–H and O–H groups in total. The summed E-state index contributed by atoms with van der Waals surface area (Å²) >= 11 is 0. The molecule has 100 valence electrons. The van der Waals surface area contributed by atoms with Gasteiger partial charge in [0.1, 0.15) is 17.2 Å². The van der Waals surface area contributed by atoms with E-state index in [9.17, 15) is 0 Å². The van der Waals surface area contributed by atoms with Gasteiger partial charge >= 0.3 is 0 Å². The third-order valence-corrected chi connectivity index (χ3v) is 2.90. The lowest BCUT2D eigenvalue weighted by Gasteiger charge is -2.09. The zero-order chi connectivity index (χ0) is 13.7. The van der Waals surface area contributed by atoms with Gasteiger partial charge < -0.3 is 15.2 Å². The van der Waals surface area contributed by atoms with Crippen molar-refractivity contribution in [2.75, 3.05) is 6.61 Å². The van der Waals surface area contributed by atoms with Crippen LogP contribution in [0.1, 0.15) is 18.1 Å². The molecule has 3 heteroatoms. The van der Waals surface area contributed by atoms with Crippen molar-refractivity contribution in [1.29, 1.82) is 0 Å². The maximum atomic E-state index is 5.80. The van der Waals surface area contributed by atoms with E-state index in [1.54, 1.807) is 0 Å². The fourth-order valence-electron chi connectivity index (χ4n) is 1.87. The molecule has 0 aliphatic carbocycles. The van der Waals surface area contributed by atoms with Gasteiger partial charge in [-0.05, 0) is 61.4 Å². The van der Waals surface area contributed by atoms with Gasteiger partial charge in [-0.15, -0.1) is 0 Å². The van der Waals surface area contributed by atoms with Crippen molar-refractivity contribution in [2.24, 2.45) is 5.73 Å². The van der Waals surface area contributed by atoms with Crippen molar-refractivity contribution in [3.63, 3.8) is 0 Å². The van der Waals surface area contributed by atoms with Crippen molar-refractivity contribution >= 4 is 0 Å². The second-order valence-electron chi connectivity index (χ2n) is 4.30. The molecule has 2 aromatic rings. The summed E-state index contributed by atoms with van der Waals surface area (Å²) in [6.07, 6.45) is 0. The van der Waals surface area contributed by atoms with Crippen molar-refractivity contribution in [3.05, 3.63) is 53.6 Å². The van der Waals surface area contributed by atoms with Gasteiger partial charge in [-0.2, -0.15) is 0 Å². The Morgan fingerprint density at radius 3 is 2.16 bits per heavy atom. The predicted octanol–water partition coefficient (Wildman–Crippen LogP) is 3.64. The van der Waals surface area contributed by atoms with Gasteiger partial charge in [-0.3, -0.25) is 0 Å². The molecule has 0 unspecified atom stereocenters. The Balaban J connectivity index is 2.10. The summed E-state index contributed by atoms with van der Waals surface area (Å²) in [7, 11) is 0. The summed E-state index contributed by atoms with van der Waals surface area (Å²) in [6.45, 7) is 5.22. The quantitative estimate of drug-likeness (QED) is 0.889. The Hall–Kier alpha value is -2.00. The molecule has 0 saturated carbocycles. The average molecular weight is 257 g/mol. The molecule has 0 amide bonds. The Labute approximate surface area is 114 Å². The van der Waals surface area contributed by atoms with Crippen molar-refractivity contribution < 1.29 is 9.47 Å². The summed E-state index contributed by atoms with van der Waals surface area (Å²) in [5.41, 5.74) is 7.93. The van der Waals surface area contributed by atoms with Crippen LogP contribution in [-0.2, 0) is 6.54 Å². The Kier molecular flexibility index (Phi) is 4.42. The number of hydrogen-bond donors (Lipinski definition) is 1. The van der Waals surface area contributed by atoms with Gasteiger partial charge in [0.25, 0.3) is 0 Å². The van der Waals surface area contributed by atoms with Gasteiger partial charge in [-0.25, -0.2) is 0 Å². The summed E-state index contributed by atoms with van der Waals surface area (Å²) in [5, 5.41) is 0. The molecule has 2 aromatic carbocycles. The third-order valence-electron chi connectivity index (χ3n) is 2.90. The van der Waals surface area contributed by atoms with Crippen LogP contribution in [0.5, 0.6) is 17.2 Å². The van der Waals surface area contributed by atoms with Crippen LogP contribution in [0.3, 0.4) is 0 Å². The van der Waals surface area contributed by atoms with Crippen LogP contribution in [0.15, 0.2) is 42.5 Å². The minimum atomic E-state index is 0.551. The smallest absolute Gasteiger partial charge is 0.127 e. The van der Waals surface area contributed by atoms with Crippen LogP contribution >= 0.6 is 0 Å². The first kappa shape index (κ1) is 13.4. The van der Waals surface area contributed by atoms with Crippen LogP contribution in [0.4, 0.5) is 0 Å². The molecular weight excluding hydrogens is 238 g/mol. The van der Waals surface area contributed by atoms with E-state index < -0.39 is 0 Å². The molecular formula is C16H19NO2. The minimum Gasteiger partial charge on any atom is -0.494 e. The maximum Gasteiger partial charge on any atom is 0.127 e. The largest absolute Gasteiger partial charge is 0.494 e. The summed E-state index contributed by atoms with van der Waals surface area (Å²) in [5.74, 6) is 2.46. The molecule has 2 rings (SSSR count). The first-order chi connectivity index (χ1) is 9.22. The SMILES string of the molecule is CCOc1ccc(Oc2ccc(CN)c(C)c2)cc1. The van der Waals surface area contributed by atoms with E-state index in [2.05, 4.69) is 0 Å². The number of aryl methyl sites for hydroxylation is 1. The fraction of sp³-hybridized carbons (Fsp3) is 0.250. The zero-order valence-electron chi connectivity index (χ0n) is 11.3. The lowest BCUT2D eigenvalue weighted by Crippen LogP contribution is -1.98. The number of hydrogen-bond acceptors (Lipinski definition) is 3. The molecule has 0 radical (unpaired) electrons. The van der Waals surface area contributed by atoms with Crippen LogP contribution in [0.2, 0.25) is 0 Å². The highest BCUT2D eigenvalue weighted by Crippen LogP contribution is 2.25. The first-order valence-electron chi connectivity index (χ1n) is 6.43. The minimum absolute atomic E-state index is 0.551. The molecule has 0 saturated heterocycles. The van der Waals surface area contributed by atoms with E-state index in [0.717, 1.165) is 28.4 Å². The van der Waals surface area contributed by atoms with E-state index >= 15 is 0 Å². The van der Waals surface area contributed by atoms with E-state index in [-0.39, 0.29) is 0 Å². The molecule has 0 aliphatic rings. The highest BCUT2D eigenvalue weighted by atomic mass is 16.5. The second kappa shape index (κ2) is 6.25. The summed E-state index contributed by atoms with van der Waals surface area (Å²) < 4.78 is 11.2. The topological polar surface area (TPSA) is 44.5 Å². The van der Waals surface area contributed by atoms with Crippen LogP contribution < -0.4 is 15.2 Å². The highest BCUT2D eigenvalue weighted by molar-refractivity contribution is 5.39. The van der Waals surface area contributed by atoms with Crippen molar-refractivity contribution in [1.82, 2.24) is 0 Å². The van der Waals surface area contributed by atoms with E-state index in [0.29, 0.717) is 13.2 Å². The molecule has 0 heterocycles. The number of benzene rings is 2. The monoisotopic (exact) mass is 257 g/mol. The van der Waals surface area contributed by atoms with E-state index in [1.807, 2.05) is 56.3 Å². The maximum absolute atomic E-state index is 5.80. The van der Waals surface area contributed by atoms with Gasteiger partial charge in [0, 0.05) is 6.54 Å². The summed E-state index contributed by atoms with van der Waals surface area (Å²) in [4.78, 5) is 0. The Morgan fingerprint density at radius 2 is 1.58 bits per heavy atom. The van der Waals surface area contributed by atoms with Gasteiger partial charge in [-0.1, -0.05) is 6.07 Å². The molecule has 19 heavy (non-hydrogen) atoms. The molecule has 3 nitrogen and oxygen atoms in total. The van der Waals surface area contributed by atoms with Crippen LogP contribution in [0.25, 0.3) is 0 Å². The van der Waals surface area contributed by atoms with Crippen LogP contribution in [0, 0.1) is 6.92 Å². The normalized spacial score (nSPS) is 10.3. The first-order valence-corrected chi connectivity index (χ1v) is 6.43. The van der Waals surface area contributed by atoms with Gasteiger partial charge in [0.2, 0.25) is 0 Å². The molecule has 0 bridgehead atoms. The number of nitrogens with two attached hydrogens (primary N) is 1. The molecule has 0 aliphatic heterocycles. The third kappa shape index (κ3) is 3.48. The van der Waals surface area contributed by atoms with Crippen LogP contribution in [-0.4, -0.2) is 6.61 Å². The Morgan fingerprint density at radius 1 is 0.947 bits per heavy atom.